The van der Waals surface area contributed by atoms with Crippen molar-refractivity contribution < 1.29 is 23.8 Å². The minimum absolute atomic E-state index is 0.128. The Labute approximate surface area is 110 Å². The second kappa shape index (κ2) is 5.73. The van der Waals surface area contributed by atoms with Crippen LogP contribution in [0.3, 0.4) is 0 Å². The largest absolute Gasteiger partial charge is 0.486 e. The van der Waals surface area contributed by atoms with Gasteiger partial charge >= 0.3 is 5.97 Å². The van der Waals surface area contributed by atoms with Crippen LogP contribution in [-0.2, 0) is 4.79 Å². The molecule has 1 aliphatic rings. The lowest BCUT2D eigenvalue weighted by Gasteiger charge is -2.20. The quantitative estimate of drug-likeness (QED) is 0.910. The molecule has 1 heterocycles. The van der Waals surface area contributed by atoms with Crippen LogP contribution < -0.4 is 9.47 Å². The molecule has 19 heavy (non-hydrogen) atoms. The molecule has 102 valence electrons. The highest BCUT2D eigenvalue weighted by Crippen LogP contribution is 2.35. The normalized spacial score (nSPS) is 14.3. The lowest BCUT2D eigenvalue weighted by atomic mass is 10.0. The number of rotatable bonds is 4. The van der Waals surface area contributed by atoms with E-state index in [-0.39, 0.29) is 6.42 Å². The Hall–Kier alpha value is -2.04. The molecule has 0 bridgehead atoms. The first-order valence-electron chi connectivity index (χ1n) is 6.12. The van der Waals surface area contributed by atoms with E-state index in [9.17, 15) is 9.18 Å². The zero-order valence-electron chi connectivity index (χ0n) is 10.6. The second-order valence-electron chi connectivity index (χ2n) is 4.16. The van der Waals surface area contributed by atoms with Gasteiger partial charge < -0.3 is 14.6 Å². The number of hydrogen-bond acceptors (Lipinski definition) is 3. The summed E-state index contributed by atoms with van der Waals surface area (Å²) in [4.78, 5) is 10.6. The zero-order chi connectivity index (χ0) is 13.8. The summed E-state index contributed by atoms with van der Waals surface area (Å²) in [7, 11) is 0. The van der Waals surface area contributed by atoms with Crippen LogP contribution in [0.4, 0.5) is 4.39 Å². The number of allylic oxidation sites excluding steroid dienone is 1. The van der Waals surface area contributed by atoms with Gasteiger partial charge in [-0.15, -0.1) is 0 Å². The van der Waals surface area contributed by atoms with Gasteiger partial charge in [-0.25, -0.2) is 4.39 Å². The van der Waals surface area contributed by atoms with Gasteiger partial charge in [-0.2, -0.15) is 0 Å². The van der Waals surface area contributed by atoms with Gasteiger partial charge in [-0.05, 0) is 18.1 Å². The second-order valence-corrected chi connectivity index (χ2v) is 4.16. The van der Waals surface area contributed by atoms with Gasteiger partial charge in [-0.3, -0.25) is 4.79 Å². The van der Waals surface area contributed by atoms with Gasteiger partial charge in [0.1, 0.15) is 19.0 Å². The standard InChI is InChI=1S/C14H15FO4/c1-2-9(3-4-14(16)17)10-7-12-13(8-11(10)15)19-6-5-18-12/h3,7-8H,2,4-6H2,1H3,(H,16,17)/b9-3+. The Morgan fingerprint density at radius 3 is 2.58 bits per heavy atom. The van der Waals surface area contributed by atoms with Crippen molar-refractivity contribution in [1.82, 2.24) is 0 Å². The molecule has 5 heteroatoms. The van der Waals surface area contributed by atoms with E-state index in [4.69, 9.17) is 14.6 Å². The summed E-state index contributed by atoms with van der Waals surface area (Å²) in [5.41, 5.74) is 1.02. The Morgan fingerprint density at radius 2 is 2.00 bits per heavy atom. The molecule has 2 rings (SSSR count). The molecule has 0 amide bonds. The van der Waals surface area contributed by atoms with Gasteiger partial charge in [0.25, 0.3) is 0 Å². The fourth-order valence-corrected chi connectivity index (χ4v) is 1.97. The lowest BCUT2D eigenvalue weighted by molar-refractivity contribution is -0.135. The SMILES string of the molecule is CC/C(=C\CC(=O)O)c1cc2c(cc1F)OCCO2. The van der Waals surface area contributed by atoms with E-state index in [1.807, 2.05) is 6.92 Å². The molecule has 0 saturated carbocycles. The molecule has 0 atom stereocenters. The summed E-state index contributed by atoms with van der Waals surface area (Å²) in [6.07, 6.45) is 1.94. The van der Waals surface area contributed by atoms with E-state index < -0.39 is 11.8 Å². The van der Waals surface area contributed by atoms with Crippen molar-refractivity contribution in [3.8, 4) is 11.5 Å². The maximum Gasteiger partial charge on any atom is 0.307 e. The van der Waals surface area contributed by atoms with Gasteiger partial charge in [0, 0.05) is 11.6 Å². The van der Waals surface area contributed by atoms with Crippen molar-refractivity contribution in [3.63, 3.8) is 0 Å². The molecule has 0 radical (unpaired) electrons. The molecule has 0 aliphatic carbocycles. The van der Waals surface area contributed by atoms with Crippen LogP contribution in [0.1, 0.15) is 25.3 Å². The van der Waals surface area contributed by atoms with Crippen LogP contribution in [0.2, 0.25) is 0 Å². The highest BCUT2D eigenvalue weighted by molar-refractivity contribution is 5.75. The Bertz CT molecular complexity index is 522. The monoisotopic (exact) mass is 266 g/mol. The van der Waals surface area contributed by atoms with Crippen LogP contribution >= 0.6 is 0 Å². The molecular formula is C14H15FO4. The van der Waals surface area contributed by atoms with Gasteiger partial charge in [0.2, 0.25) is 0 Å². The Kier molecular flexibility index (Phi) is 4.04. The number of halogens is 1. The number of benzene rings is 1. The third kappa shape index (κ3) is 3.05. The van der Waals surface area contributed by atoms with E-state index in [0.29, 0.717) is 42.3 Å². The first-order valence-corrected chi connectivity index (χ1v) is 6.12. The summed E-state index contributed by atoms with van der Waals surface area (Å²) in [5.74, 6) is -0.481. The maximum absolute atomic E-state index is 14.0. The van der Waals surface area contributed by atoms with Crippen molar-refractivity contribution in [2.24, 2.45) is 0 Å². The summed E-state index contributed by atoms with van der Waals surface area (Å²) in [5, 5.41) is 8.68. The summed E-state index contributed by atoms with van der Waals surface area (Å²) in [6.45, 7) is 2.68. The van der Waals surface area contributed by atoms with Crippen LogP contribution in [0, 0.1) is 5.82 Å². The van der Waals surface area contributed by atoms with Crippen molar-refractivity contribution in [3.05, 3.63) is 29.6 Å². The summed E-state index contributed by atoms with van der Waals surface area (Å²) in [6, 6.07) is 2.86. The fraction of sp³-hybridized carbons (Fsp3) is 0.357. The molecule has 1 N–H and O–H groups in total. The molecular weight excluding hydrogens is 251 g/mol. The number of ether oxygens (including phenoxy) is 2. The van der Waals surface area contributed by atoms with Crippen LogP contribution in [0.15, 0.2) is 18.2 Å². The molecule has 0 unspecified atom stereocenters. The molecule has 4 nitrogen and oxygen atoms in total. The summed E-state index contributed by atoms with van der Waals surface area (Å²) >= 11 is 0. The number of carboxylic acid groups (broad SMARTS) is 1. The summed E-state index contributed by atoms with van der Waals surface area (Å²) < 4.78 is 24.7. The Morgan fingerprint density at radius 1 is 1.37 bits per heavy atom. The molecule has 0 spiro atoms. The van der Waals surface area contributed by atoms with Crippen LogP contribution in [0.5, 0.6) is 11.5 Å². The number of fused-ring (bicyclic) bond motifs is 1. The van der Waals surface area contributed by atoms with Gasteiger partial charge in [0.05, 0.1) is 6.42 Å². The lowest BCUT2D eigenvalue weighted by Crippen LogP contribution is -2.15. The molecule has 1 aromatic carbocycles. The van der Waals surface area contributed by atoms with Crippen molar-refractivity contribution in [1.29, 1.82) is 0 Å². The third-order valence-corrected chi connectivity index (χ3v) is 2.88. The van der Waals surface area contributed by atoms with E-state index in [1.54, 1.807) is 6.07 Å². The minimum atomic E-state index is -0.941. The zero-order valence-corrected chi connectivity index (χ0v) is 10.6. The molecule has 1 aromatic rings. The highest BCUT2D eigenvalue weighted by Gasteiger charge is 2.17. The van der Waals surface area contributed by atoms with E-state index in [2.05, 4.69) is 0 Å². The predicted molar refractivity (Wildman–Crippen MR) is 67.9 cm³/mol. The fourth-order valence-electron chi connectivity index (χ4n) is 1.97. The Balaban J connectivity index is 2.37. The number of carboxylic acids is 1. The average Bonchev–Trinajstić information content (AvgIpc) is 2.39. The average molecular weight is 266 g/mol. The van der Waals surface area contributed by atoms with Crippen molar-refractivity contribution >= 4 is 11.5 Å². The van der Waals surface area contributed by atoms with E-state index in [1.165, 1.54) is 12.1 Å². The molecule has 0 aromatic heterocycles. The number of aliphatic carboxylic acids is 1. The minimum Gasteiger partial charge on any atom is -0.486 e. The molecule has 0 fully saturated rings. The van der Waals surface area contributed by atoms with Crippen molar-refractivity contribution in [2.75, 3.05) is 13.2 Å². The third-order valence-electron chi connectivity index (χ3n) is 2.88. The van der Waals surface area contributed by atoms with Gasteiger partial charge in [0.15, 0.2) is 11.5 Å². The van der Waals surface area contributed by atoms with Crippen molar-refractivity contribution in [2.45, 2.75) is 19.8 Å². The highest BCUT2D eigenvalue weighted by atomic mass is 19.1. The molecule has 0 saturated heterocycles. The van der Waals surface area contributed by atoms with E-state index >= 15 is 0 Å². The topological polar surface area (TPSA) is 55.8 Å². The first-order chi connectivity index (χ1) is 9.11. The van der Waals surface area contributed by atoms with Gasteiger partial charge in [-0.1, -0.05) is 13.0 Å². The van der Waals surface area contributed by atoms with E-state index in [0.717, 1.165) is 0 Å². The smallest absolute Gasteiger partial charge is 0.307 e. The molecule has 1 aliphatic heterocycles. The predicted octanol–water partition coefficient (Wildman–Crippen LogP) is 2.87. The van der Waals surface area contributed by atoms with Crippen LogP contribution in [0.25, 0.3) is 5.57 Å². The maximum atomic E-state index is 14.0. The number of hydrogen-bond donors (Lipinski definition) is 1. The first kappa shape index (κ1) is 13.4. The number of carbonyl (C=O) groups is 1. The van der Waals surface area contributed by atoms with Crippen LogP contribution in [-0.4, -0.2) is 24.3 Å².